The highest BCUT2D eigenvalue weighted by Crippen LogP contribution is 2.48. The number of hydrogen-bond acceptors (Lipinski definition) is 8. The fourth-order valence-electron chi connectivity index (χ4n) is 3.63. The number of aromatic nitrogens is 3. The second kappa shape index (κ2) is 15.4. The molecule has 0 saturated carbocycles. The Morgan fingerprint density at radius 2 is 2.06 bits per heavy atom. The Morgan fingerprint density at radius 3 is 2.81 bits per heavy atom. The van der Waals surface area contributed by atoms with Gasteiger partial charge in [0.1, 0.15) is 12.0 Å². The first-order valence-electron chi connectivity index (χ1n) is 12.3. The van der Waals surface area contributed by atoms with E-state index in [1.165, 1.54) is 37.0 Å². The SMILES string of the molecule is CCCCP(C)c1cn(CCCCCO/N=C/C(CC(=O)O)=C2\Sc3ccccc3SC2CO)nn1. The summed E-state index contributed by atoms with van der Waals surface area (Å²) in [5.41, 5.74) is 1.69. The maximum atomic E-state index is 11.5. The first kappa shape index (κ1) is 28.7. The van der Waals surface area contributed by atoms with Gasteiger partial charge in [-0.3, -0.25) is 9.48 Å². The molecule has 1 aliphatic rings. The van der Waals surface area contributed by atoms with Gasteiger partial charge in [-0.1, -0.05) is 55.5 Å². The number of aliphatic carboxylic acids is 1. The summed E-state index contributed by atoms with van der Waals surface area (Å²) in [6, 6.07) is 7.92. The number of fused-ring (bicyclic) bond motifs is 1. The van der Waals surface area contributed by atoms with Crippen molar-refractivity contribution in [1.82, 2.24) is 15.0 Å². The number of aliphatic hydroxyl groups is 1. The zero-order chi connectivity index (χ0) is 25.8. The monoisotopic (exact) mass is 550 g/mol. The number of benzene rings is 1. The molecule has 2 heterocycles. The molecule has 0 spiro atoms. The number of carboxylic acid groups (broad SMARTS) is 1. The molecule has 3 rings (SSSR count). The predicted molar refractivity (Wildman–Crippen MR) is 149 cm³/mol. The molecule has 0 bridgehead atoms. The fourth-order valence-corrected chi connectivity index (χ4v) is 7.72. The van der Waals surface area contributed by atoms with E-state index in [9.17, 15) is 15.0 Å². The number of thioether (sulfide) groups is 2. The standard InChI is InChI=1S/C25H35N4O4PS2/c1-3-4-14-34(2)23-17-29(28-27-23)12-8-5-9-13-33-26-16-19(15-24(31)32)25-22(18-30)35-20-10-6-7-11-21(20)36-25/h6-7,10-11,16-17,22,30H,3-5,8-9,12-15,18H2,1-2H3,(H,31,32)/b25-19-,26-16+. The molecule has 8 nitrogen and oxygen atoms in total. The summed E-state index contributed by atoms with van der Waals surface area (Å²) >= 11 is 3.04. The van der Waals surface area contributed by atoms with Crippen molar-refractivity contribution in [1.29, 1.82) is 0 Å². The van der Waals surface area contributed by atoms with E-state index in [0.717, 1.165) is 45.9 Å². The lowest BCUT2D eigenvalue weighted by molar-refractivity contribution is -0.136. The number of aryl methyl sites for hydroxylation is 1. The zero-order valence-corrected chi connectivity index (χ0v) is 23.4. The Bertz CT molecular complexity index is 1050. The van der Waals surface area contributed by atoms with Gasteiger partial charge in [0, 0.05) is 21.2 Å². The van der Waals surface area contributed by atoms with E-state index >= 15 is 0 Å². The van der Waals surface area contributed by atoms with Gasteiger partial charge < -0.3 is 15.1 Å². The summed E-state index contributed by atoms with van der Waals surface area (Å²) in [6.45, 7) is 5.69. The Labute approximate surface area is 222 Å². The molecule has 0 saturated heterocycles. The van der Waals surface area contributed by atoms with E-state index in [4.69, 9.17) is 4.84 Å². The van der Waals surface area contributed by atoms with Crippen molar-refractivity contribution in [2.45, 2.75) is 67.0 Å². The lowest BCUT2D eigenvalue weighted by Crippen LogP contribution is -2.17. The smallest absolute Gasteiger partial charge is 0.307 e. The summed E-state index contributed by atoms with van der Waals surface area (Å²) in [5, 5.41) is 31.7. The maximum Gasteiger partial charge on any atom is 0.307 e. The number of carboxylic acids is 1. The molecule has 2 N–H and O–H groups in total. The van der Waals surface area contributed by atoms with Crippen LogP contribution in [0.5, 0.6) is 0 Å². The quantitative estimate of drug-likeness (QED) is 0.138. The topological polar surface area (TPSA) is 110 Å². The van der Waals surface area contributed by atoms with Crippen LogP contribution in [0.1, 0.15) is 45.4 Å². The van der Waals surface area contributed by atoms with Gasteiger partial charge in [0.2, 0.25) is 0 Å². The molecule has 0 amide bonds. The highest BCUT2D eigenvalue weighted by Gasteiger charge is 2.27. The van der Waals surface area contributed by atoms with Crippen LogP contribution in [0.4, 0.5) is 0 Å². The first-order valence-corrected chi connectivity index (χ1v) is 15.9. The number of nitrogens with zero attached hydrogens (tertiary/aromatic N) is 4. The van der Waals surface area contributed by atoms with Gasteiger partial charge in [-0.15, -0.1) is 16.9 Å². The summed E-state index contributed by atoms with van der Waals surface area (Å²) < 4.78 is 1.93. The van der Waals surface area contributed by atoms with Crippen LogP contribution in [0, 0.1) is 0 Å². The molecule has 0 radical (unpaired) electrons. The molecular formula is C25H35N4O4PS2. The third-order valence-electron chi connectivity index (χ3n) is 5.63. The van der Waals surface area contributed by atoms with Crippen LogP contribution < -0.4 is 5.44 Å². The molecular weight excluding hydrogens is 515 g/mol. The number of hydrogen-bond donors (Lipinski definition) is 2. The average molecular weight is 551 g/mol. The number of oxime groups is 1. The number of aliphatic hydroxyl groups excluding tert-OH is 1. The van der Waals surface area contributed by atoms with Crippen molar-refractivity contribution in [2.75, 3.05) is 26.0 Å². The minimum atomic E-state index is -0.942. The van der Waals surface area contributed by atoms with Crippen LogP contribution in [0.15, 0.2) is 55.9 Å². The van der Waals surface area contributed by atoms with E-state index < -0.39 is 5.97 Å². The number of unbranched alkanes of at least 4 members (excludes halogenated alkanes) is 3. The second-order valence-corrected chi connectivity index (χ2v) is 13.2. The van der Waals surface area contributed by atoms with E-state index in [-0.39, 0.29) is 26.2 Å². The van der Waals surface area contributed by atoms with E-state index in [2.05, 4.69) is 35.3 Å². The van der Waals surface area contributed by atoms with Gasteiger partial charge in [-0.25, -0.2) is 0 Å². The summed E-state index contributed by atoms with van der Waals surface area (Å²) in [6.07, 6.45) is 9.85. The molecule has 1 aliphatic heterocycles. The molecule has 0 fully saturated rings. The third-order valence-corrected chi connectivity index (χ3v) is 10.5. The van der Waals surface area contributed by atoms with Crippen LogP contribution >= 0.6 is 31.4 Å². The molecule has 2 atom stereocenters. The number of rotatable bonds is 15. The van der Waals surface area contributed by atoms with Gasteiger partial charge in [0.25, 0.3) is 0 Å². The Hall–Kier alpha value is -1.87. The fraction of sp³-hybridized carbons (Fsp3) is 0.520. The third kappa shape index (κ3) is 8.91. The summed E-state index contributed by atoms with van der Waals surface area (Å²) in [5.74, 6) is -0.942. The molecule has 36 heavy (non-hydrogen) atoms. The van der Waals surface area contributed by atoms with E-state index in [0.29, 0.717) is 12.2 Å². The molecule has 11 heteroatoms. The summed E-state index contributed by atoms with van der Waals surface area (Å²) in [4.78, 5) is 19.9. The largest absolute Gasteiger partial charge is 0.481 e. The Kier molecular flexibility index (Phi) is 12.3. The second-order valence-electron chi connectivity index (χ2n) is 8.54. The van der Waals surface area contributed by atoms with Crippen LogP contribution in [0.2, 0.25) is 0 Å². The zero-order valence-electron chi connectivity index (χ0n) is 20.9. The van der Waals surface area contributed by atoms with Crippen molar-refractivity contribution >= 4 is 49.1 Å². The highest BCUT2D eigenvalue weighted by atomic mass is 32.2. The molecule has 2 unspecified atom stereocenters. The van der Waals surface area contributed by atoms with Crippen molar-refractivity contribution in [3.8, 4) is 0 Å². The minimum absolute atomic E-state index is 0.0783. The van der Waals surface area contributed by atoms with Crippen molar-refractivity contribution in [3.63, 3.8) is 0 Å². The minimum Gasteiger partial charge on any atom is -0.481 e. The molecule has 2 aromatic rings. The van der Waals surface area contributed by atoms with Crippen molar-refractivity contribution < 1.29 is 19.8 Å². The van der Waals surface area contributed by atoms with Gasteiger partial charge in [0.15, 0.2) is 0 Å². The van der Waals surface area contributed by atoms with Gasteiger partial charge >= 0.3 is 5.97 Å². The maximum absolute atomic E-state index is 11.5. The highest BCUT2D eigenvalue weighted by molar-refractivity contribution is 8.08. The normalized spacial score (nSPS) is 17.7. The van der Waals surface area contributed by atoms with Crippen LogP contribution in [-0.4, -0.2) is 68.7 Å². The first-order chi connectivity index (χ1) is 17.5. The van der Waals surface area contributed by atoms with Crippen LogP contribution in [0.25, 0.3) is 0 Å². The molecule has 196 valence electrons. The molecule has 1 aromatic carbocycles. The summed E-state index contributed by atoms with van der Waals surface area (Å²) in [7, 11) is -0.210. The lowest BCUT2D eigenvalue weighted by atomic mass is 10.1. The van der Waals surface area contributed by atoms with E-state index in [1.54, 1.807) is 11.8 Å². The van der Waals surface area contributed by atoms with Crippen LogP contribution in [0.3, 0.4) is 0 Å². The van der Waals surface area contributed by atoms with Crippen LogP contribution in [-0.2, 0) is 16.2 Å². The number of carbonyl (C=O) groups is 1. The lowest BCUT2D eigenvalue weighted by Gasteiger charge is -2.26. The van der Waals surface area contributed by atoms with Crippen molar-refractivity contribution in [2.24, 2.45) is 5.16 Å². The van der Waals surface area contributed by atoms with Gasteiger partial charge in [-0.05, 0) is 56.2 Å². The average Bonchev–Trinajstić information content (AvgIpc) is 3.36. The van der Waals surface area contributed by atoms with Crippen molar-refractivity contribution in [3.05, 3.63) is 40.9 Å². The molecule has 1 aromatic heterocycles. The van der Waals surface area contributed by atoms with E-state index in [1.807, 2.05) is 28.9 Å². The van der Waals surface area contributed by atoms with Gasteiger partial charge in [-0.2, -0.15) is 0 Å². The predicted octanol–water partition coefficient (Wildman–Crippen LogP) is 4.98. The Balaban J connectivity index is 1.45. The Morgan fingerprint density at radius 1 is 1.25 bits per heavy atom. The van der Waals surface area contributed by atoms with Gasteiger partial charge in [0.05, 0.1) is 30.7 Å². The molecule has 0 aliphatic carbocycles.